The van der Waals surface area contributed by atoms with Gasteiger partial charge in [0.2, 0.25) is 0 Å². The Kier molecular flexibility index (Phi) is 2.71. The van der Waals surface area contributed by atoms with Crippen molar-refractivity contribution in [1.29, 1.82) is 0 Å². The molecule has 3 N–H and O–H groups in total. The zero-order valence-corrected chi connectivity index (χ0v) is 11.0. The van der Waals surface area contributed by atoms with E-state index in [1.165, 1.54) is 28.1 Å². The SMILES string of the molecule is Cc1ccc(-c2nc3c([nH]2)CC(N)CC3)cc1C. The van der Waals surface area contributed by atoms with Crippen LogP contribution < -0.4 is 5.73 Å². The Morgan fingerprint density at radius 1 is 1.28 bits per heavy atom. The van der Waals surface area contributed by atoms with E-state index in [0.717, 1.165) is 25.1 Å². The third kappa shape index (κ3) is 1.95. The Morgan fingerprint density at radius 2 is 2.11 bits per heavy atom. The predicted molar refractivity (Wildman–Crippen MR) is 73.5 cm³/mol. The Bertz CT molecular complexity index is 583. The number of nitrogens with zero attached hydrogens (tertiary/aromatic N) is 1. The van der Waals surface area contributed by atoms with Gasteiger partial charge in [-0.2, -0.15) is 0 Å². The van der Waals surface area contributed by atoms with E-state index >= 15 is 0 Å². The fourth-order valence-electron chi connectivity index (χ4n) is 2.53. The molecule has 1 aliphatic carbocycles. The Morgan fingerprint density at radius 3 is 2.89 bits per heavy atom. The summed E-state index contributed by atoms with van der Waals surface area (Å²) in [6.45, 7) is 4.27. The lowest BCUT2D eigenvalue weighted by molar-refractivity contribution is 0.565. The molecule has 0 fully saturated rings. The third-order valence-electron chi connectivity index (χ3n) is 3.86. The number of nitrogens with one attached hydrogen (secondary N) is 1. The molecular weight excluding hydrogens is 222 g/mol. The number of nitrogens with two attached hydrogens (primary N) is 1. The maximum absolute atomic E-state index is 5.99. The monoisotopic (exact) mass is 241 g/mol. The number of rotatable bonds is 1. The largest absolute Gasteiger partial charge is 0.342 e. The topological polar surface area (TPSA) is 54.7 Å². The first-order valence-corrected chi connectivity index (χ1v) is 6.54. The van der Waals surface area contributed by atoms with Crippen molar-refractivity contribution >= 4 is 0 Å². The highest BCUT2D eigenvalue weighted by atomic mass is 14.9. The maximum atomic E-state index is 5.99. The number of aromatic amines is 1. The molecule has 0 radical (unpaired) electrons. The number of imidazole rings is 1. The van der Waals surface area contributed by atoms with E-state index in [2.05, 4.69) is 37.0 Å². The summed E-state index contributed by atoms with van der Waals surface area (Å²) in [6, 6.07) is 6.76. The molecular formula is C15H19N3. The molecule has 3 nitrogen and oxygen atoms in total. The molecule has 2 aromatic rings. The molecule has 0 amide bonds. The summed E-state index contributed by atoms with van der Waals surface area (Å²) in [7, 11) is 0. The number of hydrogen-bond acceptors (Lipinski definition) is 2. The Hall–Kier alpha value is -1.61. The van der Waals surface area contributed by atoms with E-state index in [1.807, 2.05) is 0 Å². The minimum atomic E-state index is 0.283. The fourth-order valence-corrected chi connectivity index (χ4v) is 2.53. The van der Waals surface area contributed by atoms with Crippen molar-refractivity contribution in [3.8, 4) is 11.4 Å². The van der Waals surface area contributed by atoms with Crippen LogP contribution in [-0.4, -0.2) is 16.0 Å². The van der Waals surface area contributed by atoms with Gasteiger partial charge in [-0.05, 0) is 43.9 Å². The van der Waals surface area contributed by atoms with Crippen LogP contribution in [0.1, 0.15) is 28.9 Å². The summed E-state index contributed by atoms with van der Waals surface area (Å²) in [6.07, 6.45) is 2.97. The van der Waals surface area contributed by atoms with Gasteiger partial charge in [0.1, 0.15) is 5.82 Å². The number of fused-ring (bicyclic) bond motifs is 1. The zero-order valence-electron chi connectivity index (χ0n) is 11.0. The van der Waals surface area contributed by atoms with Gasteiger partial charge in [0.05, 0.1) is 5.69 Å². The Balaban J connectivity index is 2.00. The first-order chi connectivity index (χ1) is 8.63. The number of benzene rings is 1. The van der Waals surface area contributed by atoms with Crippen molar-refractivity contribution in [2.45, 2.75) is 39.2 Å². The molecule has 1 atom stereocenters. The van der Waals surface area contributed by atoms with Gasteiger partial charge < -0.3 is 10.7 Å². The summed E-state index contributed by atoms with van der Waals surface area (Å²) in [5, 5.41) is 0. The molecule has 1 aromatic heterocycles. The molecule has 0 saturated heterocycles. The average molecular weight is 241 g/mol. The van der Waals surface area contributed by atoms with E-state index in [-0.39, 0.29) is 6.04 Å². The van der Waals surface area contributed by atoms with E-state index in [1.54, 1.807) is 0 Å². The van der Waals surface area contributed by atoms with Gasteiger partial charge in [-0.15, -0.1) is 0 Å². The van der Waals surface area contributed by atoms with Crippen LogP contribution in [0.4, 0.5) is 0 Å². The number of hydrogen-bond donors (Lipinski definition) is 2. The van der Waals surface area contributed by atoms with Crippen LogP contribution in [0.2, 0.25) is 0 Å². The normalized spacial score (nSPS) is 18.7. The summed E-state index contributed by atoms with van der Waals surface area (Å²) in [5.41, 5.74) is 12.2. The third-order valence-corrected chi connectivity index (χ3v) is 3.86. The summed E-state index contributed by atoms with van der Waals surface area (Å²) in [4.78, 5) is 8.15. The average Bonchev–Trinajstić information content (AvgIpc) is 2.75. The van der Waals surface area contributed by atoms with Gasteiger partial charge in [0.25, 0.3) is 0 Å². The van der Waals surface area contributed by atoms with Crippen LogP contribution in [0, 0.1) is 13.8 Å². The maximum Gasteiger partial charge on any atom is 0.137 e. The molecule has 1 aliphatic rings. The van der Waals surface area contributed by atoms with E-state index in [9.17, 15) is 0 Å². The molecule has 3 rings (SSSR count). The summed E-state index contributed by atoms with van der Waals surface area (Å²) >= 11 is 0. The second kappa shape index (κ2) is 4.25. The van der Waals surface area contributed by atoms with Crippen LogP contribution in [0.5, 0.6) is 0 Å². The highest BCUT2D eigenvalue weighted by molar-refractivity contribution is 5.58. The Labute approximate surface area is 107 Å². The number of aryl methyl sites for hydroxylation is 3. The first-order valence-electron chi connectivity index (χ1n) is 6.54. The molecule has 18 heavy (non-hydrogen) atoms. The van der Waals surface area contributed by atoms with Crippen molar-refractivity contribution in [1.82, 2.24) is 9.97 Å². The lowest BCUT2D eigenvalue weighted by Gasteiger charge is -2.15. The van der Waals surface area contributed by atoms with E-state index in [4.69, 9.17) is 10.7 Å². The molecule has 1 aromatic carbocycles. The molecule has 3 heteroatoms. The van der Waals surface area contributed by atoms with Crippen molar-refractivity contribution in [2.75, 3.05) is 0 Å². The number of aromatic nitrogens is 2. The molecule has 0 saturated carbocycles. The molecule has 1 unspecified atom stereocenters. The smallest absolute Gasteiger partial charge is 0.137 e. The fraction of sp³-hybridized carbons (Fsp3) is 0.400. The van der Waals surface area contributed by atoms with Crippen molar-refractivity contribution in [3.05, 3.63) is 40.7 Å². The predicted octanol–water partition coefficient (Wildman–Crippen LogP) is 2.51. The minimum absolute atomic E-state index is 0.283. The van der Waals surface area contributed by atoms with Gasteiger partial charge in [0.15, 0.2) is 0 Å². The highest BCUT2D eigenvalue weighted by Crippen LogP contribution is 2.25. The first kappa shape index (κ1) is 11.5. The lowest BCUT2D eigenvalue weighted by Crippen LogP contribution is -2.27. The van der Waals surface area contributed by atoms with Crippen LogP contribution in [0.15, 0.2) is 18.2 Å². The highest BCUT2D eigenvalue weighted by Gasteiger charge is 2.19. The van der Waals surface area contributed by atoms with Gasteiger partial charge >= 0.3 is 0 Å². The summed E-state index contributed by atoms with van der Waals surface area (Å²) in [5.74, 6) is 0.984. The summed E-state index contributed by atoms with van der Waals surface area (Å²) < 4.78 is 0. The van der Waals surface area contributed by atoms with Gasteiger partial charge in [-0.3, -0.25) is 0 Å². The minimum Gasteiger partial charge on any atom is -0.342 e. The quantitative estimate of drug-likeness (QED) is 0.806. The molecule has 0 bridgehead atoms. The van der Waals surface area contributed by atoms with Gasteiger partial charge in [-0.25, -0.2) is 4.98 Å². The molecule has 94 valence electrons. The van der Waals surface area contributed by atoms with Crippen LogP contribution in [-0.2, 0) is 12.8 Å². The number of H-pyrrole nitrogens is 1. The second-order valence-electron chi connectivity index (χ2n) is 5.31. The van der Waals surface area contributed by atoms with Crippen LogP contribution >= 0.6 is 0 Å². The molecule has 1 heterocycles. The van der Waals surface area contributed by atoms with Crippen LogP contribution in [0.3, 0.4) is 0 Å². The van der Waals surface area contributed by atoms with Crippen molar-refractivity contribution in [3.63, 3.8) is 0 Å². The standard InChI is InChI=1S/C15H19N3/c1-9-3-4-11(7-10(9)2)15-17-13-6-5-12(16)8-14(13)18-15/h3-4,7,12H,5-6,8,16H2,1-2H3,(H,17,18). The molecule has 0 aliphatic heterocycles. The van der Waals surface area contributed by atoms with E-state index < -0.39 is 0 Å². The lowest BCUT2D eigenvalue weighted by atomic mass is 9.97. The van der Waals surface area contributed by atoms with Gasteiger partial charge in [0, 0.05) is 23.7 Å². The molecule has 0 spiro atoms. The van der Waals surface area contributed by atoms with E-state index in [0.29, 0.717) is 0 Å². The second-order valence-corrected chi connectivity index (χ2v) is 5.31. The van der Waals surface area contributed by atoms with Crippen molar-refractivity contribution < 1.29 is 0 Å². The van der Waals surface area contributed by atoms with Gasteiger partial charge in [-0.1, -0.05) is 12.1 Å². The van der Waals surface area contributed by atoms with Crippen LogP contribution in [0.25, 0.3) is 11.4 Å². The zero-order chi connectivity index (χ0) is 12.7. The van der Waals surface area contributed by atoms with Crippen molar-refractivity contribution in [2.24, 2.45) is 5.73 Å².